The number of aryl methyl sites for hydroxylation is 2. The Labute approximate surface area is 158 Å². The van der Waals surface area contributed by atoms with Gasteiger partial charge in [0.1, 0.15) is 16.5 Å². The summed E-state index contributed by atoms with van der Waals surface area (Å²) < 4.78 is 12.9. The van der Waals surface area contributed by atoms with Crippen molar-refractivity contribution in [3.63, 3.8) is 0 Å². The topological polar surface area (TPSA) is 74.8 Å². The first kappa shape index (κ1) is 18.6. The summed E-state index contributed by atoms with van der Waals surface area (Å²) in [5.41, 5.74) is 1.36. The highest BCUT2D eigenvalue weighted by Gasteiger charge is 2.16. The number of anilines is 1. The predicted molar refractivity (Wildman–Crippen MR) is 106 cm³/mol. The van der Waals surface area contributed by atoms with Gasteiger partial charge in [-0.1, -0.05) is 0 Å². The van der Waals surface area contributed by atoms with Crippen LogP contribution in [0.1, 0.15) is 23.2 Å². The number of halogens is 1. The lowest BCUT2D eigenvalue weighted by molar-refractivity contribution is -0.115. The van der Waals surface area contributed by atoms with Gasteiger partial charge in [0.15, 0.2) is 0 Å². The summed E-state index contributed by atoms with van der Waals surface area (Å²) in [6, 6.07) is 5.61. The summed E-state index contributed by atoms with van der Waals surface area (Å²) >= 11 is 2.87. The van der Waals surface area contributed by atoms with Gasteiger partial charge in [0.05, 0.1) is 16.4 Å². The number of aromatic amines is 1. The highest BCUT2D eigenvalue weighted by atomic mass is 32.2. The molecular formula is C18H18FN3O2S2. The van der Waals surface area contributed by atoms with Gasteiger partial charge >= 0.3 is 0 Å². The molecule has 0 aliphatic rings. The maximum Gasteiger partial charge on any atom is 0.259 e. The van der Waals surface area contributed by atoms with Crippen molar-refractivity contribution in [3.8, 4) is 0 Å². The number of nitrogens with one attached hydrogen (secondary N) is 2. The zero-order valence-electron chi connectivity index (χ0n) is 14.6. The van der Waals surface area contributed by atoms with Gasteiger partial charge in [0, 0.05) is 10.6 Å². The number of benzene rings is 1. The Hall–Kier alpha value is -2.19. The summed E-state index contributed by atoms with van der Waals surface area (Å²) in [6.07, 6.45) is 0. The van der Waals surface area contributed by atoms with Crippen molar-refractivity contribution < 1.29 is 9.18 Å². The third-order valence-electron chi connectivity index (χ3n) is 4.04. The van der Waals surface area contributed by atoms with Gasteiger partial charge in [-0.3, -0.25) is 9.59 Å². The summed E-state index contributed by atoms with van der Waals surface area (Å²) in [7, 11) is 0. The second-order valence-electron chi connectivity index (χ2n) is 5.93. The first-order valence-electron chi connectivity index (χ1n) is 8.02. The fourth-order valence-electron chi connectivity index (χ4n) is 2.42. The molecule has 0 aliphatic heterocycles. The summed E-state index contributed by atoms with van der Waals surface area (Å²) in [5, 5.41) is 3.03. The van der Waals surface area contributed by atoms with Crippen LogP contribution in [0.2, 0.25) is 0 Å². The maximum atomic E-state index is 12.9. The molecule has 0 saturated carbocycles. The van der Waals surface area contributed by atoms with Crippen LogP contribution in [0.25, 0.3) is 10.2 Å². The van der Waals surface area contributed by atoms with E-state index >= 15 is 0 Å². The molecule has 0 spiro atoms. The third kappa shape index (κ3) is 3.96. The Morgan fingerprint density at radius 1 is 1.35 bits per heavy atom. The maximum absolute atomic E-state index is 12.9. The molecule has 1 atom stereocenters. The Morgan fingerprint density at radius 3 is 2.73 bits per heavy atom. The third-order valence-corrected chi connectivity index (χ3v) is 6.29. The van der Waals surface area contributed by atoms with Crippen LogP contribution in [-0.2, 0) is 10.5 Å². The number of carbonyl (C=O) groups excluding carboxylic acids is 1. The Kier molecular flexibility index (Phi) is 5.43. The van der Waals surface area contributed by atoms with Crippen LogP contribution in [0.15, 0.2) is 29.1 Å². The van der Waals surface area contributed by atoms with Crippen molar-refractivity contribution in [3.05, 3.63) is 56.7 Å². The number of rotatable bonds is 5. The first-order chi connectivity index (χ1) is 12.3. The van der Waals surface area contributed by atoms with E-state index in [1.165, 1.54) is 47.4 Å². The fraction of sp³-hybridized carbons (Fsp3) is 0.278. The molecule has 5 nitrogen and oxygen atoms in total. The minimum atomic E-state index is -0.354. The molecule has 0 saturated heterocycles. The standard InChI is InChI=1S/C18H18FN3O2S2/c1-9-10(2)26-18-15(9)17(24)21-14(22-18)8-25-11(3)16(23)20-13-6-4-12(19)5-7-13/h4-7,11H,8H2,1-3H3,(H,20,23)(H,21,22,24). The number of thiophene rings is 1. The normalized spacial score (nSPS) is 12.3. The quantitative estimate of drug-likeness (QED) is 0.689. The highest BCUT2D eigenvalue weighted by Crippen LogP contribution is 2.26. The Bertz CT molecular complexity index is 1010. The van der Waals surface area contributed by atoms with Crippen molar-refractivity contribution in [2.45, 2.75) is 31.8 Å². The van der Waals surface area contributed by atoms with Gasteiger partial charge < -0.3 is 10.3 Å². The molecular weight excluding hydrogens is 373 g/mol. The lowest BCUT2D eigenvalue weighted by atomic mass is 10.2. The average Bonchev–Trinajstić information content (AvgIpc) is 2.89. The van der Waals surface area contributed by atoms with Crippen molar-refractivity contribution in [2.75, 3.05) is 5.32 Å². The van der Waals surface area contributed by atoms with Crippen molar-refractivity contribution in [1.82, 2.24) is 9.97 Å². The van der Waals surface area contributed by atoms with Crippen molar-refractivity contribution in [2.24, 2.45) is 0 Å². The number of carbonyl (C=O) groups is 1. The first-order valence-corrected chi connectivity index (χ1v) is 9.88. The van der Waals surface area contributed by atoms with E-state index in [0.717, 1.165) is 15.3 Å². The van der Waals surface area contributed by atoms with E-state index in [0.29, 0.717) is 22.7 Å². The minimum Gasteiger partial charge on any atom is -0.325 e. The second kappa shape index (κ2) is 7.59. The lowest BCUT2D eigenvalue weighted by Crippen LogP contribution is -2.23. The predicted octanol–water partition coefficient (Wildman–Crippen LogP) is 4.00. The number of nitrogens with zero attached hydrogens (tertiary/aromatic N) is 1. The van der Waals surface area contributed by atoms with Crippen molar-refractivity contribution >= 4 is 44.9 Å². The number of hydrogen-bond acceptors (Lipinski definition) is 5. The number of H-pyrrole nitrogens is 1. The van der Waals surface area contributed by atoms with Crippen LogP contribution < -0.4 is 10.9 Å². The van der Waals surface area contributed by atoms with Crippen LogP contribution >= 0.6 is 23.1 Å². The molecule has 3 aromatic rings. The van der Waals surface area contributed by atoms with Gasteiger partial charge in [-0.2, -0.15) is 0 Å². The fourth-order valence-corrected chi connectivity index (χ4v) is 4.23. The SMILES string of the molecule is Cc1sc2nc(CSC(C)C(=O)Nc3ccc(F)cc3)[nH]c(=O)c2c1C. The number of amides is 1. The Balaban J connectivity index is 1.66. The summed E-state index contributed by atoms with van der Waals surface area (Å²) in [4.78, 5) is 33.6. The lowest BCUT2D eigenvalue weighted by Gasteiger charge is -2.11. The van der Waals surface area contributed by atoms with E-state index in [9.17, 15) is 14.0 Å². The van der Waals surface area contributed by atoms with E-state index in [1.54, 1.807) is 6.92 Å². The van der Waals surface area contributed by atoms with Crippen LogP contribution in [0, 0.1) is 19.7 Å². The molecule has 0 aliphatic carbocycles. The number of thioether (sulfide) groups is 1. The molecule has 2 aromatic heterocycles. The van der Waals surface area contributed by atoms with E-state index in [1.807, 2.05) is 13.8 Å². The van der Waals surface area contributed by atoms with E-state index < -0.39 is 0 Å². The van der Waals surface area contributed by atoms with Gasteiger partial charge in [0.2, 0.25) is 5.91 Å². The largest absolute Gasteiger partial charge is 0.325 e. The summed E-state index contributed by atoms with van der Waals surface area (Å²) in [6.45, 7) is 5.67. The molecule has 0 radical (unpaired) electrons. The van der Waals surface area contributed by atoms with Gasteiger partial charge in [-0.05, 0) is 50.6 Å². The molecule has 8 heteroatoms. The molecule has 0 bridgehead atoms. The molecule has 26 heavy (non-hydrogen) atoms. The number of fused-ring (bicyclic) bond motifs is 1. The van der Waals surface area contributed by atoms with Crippen LogP contribution in [0.3, 0.4) is 0 Å². The van der Waals surface area contributed by atoms with Gasteiger partial charge in [0.25, 0.3) is 5.56 Å². The molecule has 1 unspecified atom stereocenters. The average molecular weight is 391 g/mol. The van der Waals surface area contributed by atoms with Crippen LogP contribution in [-0.4, -0.2) is 21.1 Å². The van der Waals surface area contributed by atoms with Gasteiger partial charge in [-0.15, -0.1) is 23.1 Å². The van der Waals surface area contributed by atoms with Crippen LogP contribution in [0.4, 0.5) is 10.1 Å². The Morgan fingerprint density at radius 2 is 2.04 bits per heavy atom. The number of hydrogen-bond donors (Lipinski definition) is 2. The monoisotopic (exact) mass is 391 g/mol. The molecule has 1 amide bonds. The molecule has 136 valence electrons. The van der Waals surface area contributed by atoms with E-state index in [-0.39, 0.29) is 22.5 Å². The van der Waals surface area contributed by atoms with Crippen molar-refractivity contribution in [1.29, 1.82) is 0 Å². The van der Waals surface area contributed by atoms with Crippen LogP contribution in [0.5, 0.6) is 0 Å². The second-order valence-corrected chi connectivity index (χ2v) is 8.46. The molecule has 0 fully saturated rings. The zero-order chi connectivity index (χ0) is 18.8. The molecule has 2 N–H and O–H groups in total. The van der Waals surface area contributed by atoms with E-state index in [4.69, 9.17) is 0 Å². The smallest absolute Gasteiger partial charge is 0.259 e. The summed E-state index contributed by atoms with van der Waals surface area (Å²) in [5.74, 6) is 0.428. The zero-order valence-corrected chi connectivity index (χ0v) is 16.2. The van der Waals surface area contributed by atoms with E-state index in [2.05, 4.69) is 15.3 Å². The molecule has 2 heterocycles. The van der Waals surface area contributed by atoms with Gasteiger partial charge in [-0.25, -0.2) is 9.37 Å². The molecule has 3 rings (SSSR count). The molecule has 1 aromatic carbocycles. The number of aromatic nitrogens is 2. The minimum absolute atomic E-state index is 0.143. The highest BCUT2D eigenvalue weighted by molar-refractivity contribution is 7.99.